The number of carbonyl (C=O) groups is 1. The highest BCUT2D eigenvalue weighted by atomic mass is 32.2. The van der Waals surface area contributed by atoms with Gasteiger partial charge in [0, 0.05) is 18.6 Å². The number of hydrogen-bond donors (Lipinski definition) is 1. The molecule has 1 aliphatic rings. The van der Waals surface area contributed by atoms with Crippen LogP contribution in [0.2, 0.25) is 0 Å². The fourth-order valence-corrected chi connectivity index (χ4v) is 6.17. The highest BCUT2D eigenvalue weighted by Gasteiger charge is 2.35. The summed E-state index contributed by atoms with van der Waals surface area (Å²) in [7, 11) is -3.51. The number of thiophene rings is 1. The number of amides is 1. The summed E-state index contributed by atoms with van der Waals surface area (Å²) in [4.78, 5) is 12.8. The van der Waals surface area contributed by atoms with Gasteiger partial charge in [-0.3, -0.25) is 4.79 Å². The molecule has 7 heteroatoms. The molecule has 3 rings (SSSR count). The normalized spacial score (nSPS) is 19.0. The molecule has 1 amide bonds. The monoisotopic (exact) mass is 406 g/mol. The molecule has 1 saturated heterocycles. The van der Waals surface area contributed by atoms with E-state index in [9.17, 15) is 13.2 Å². The molecule has 1 aliphatic heterocycles. The number of benzene rings is 1. The summed E-state index contributed by atoms with van der Waals surface area (Å²) >= 11 is 1.21. The van der Waals surface area contributed by atoms with Crippen LogP contribution in [0.4, 0.5) is 0 Å². The average molecular weight is 407 g/mol. The molecule has 1 fully saturated rings. The third-order valence-electron chi connectivity index (χ3n) is 4.79. The molecule has 1 atom stereocenters. The quantitative estimate of drug-likeness (QED) is 0.801. The Morgan fingerprint density at radius 2 is 1.96 bits per heavy atom. The molecule has 27 heavy (non-hydrogen) atoms. The highest BCUT2D eigenvalue weighted by molar-refractivity contribution is 7.91. The van der Waals surface area contributed by atoms with E-state index in [4.69, 9.17) is 0 Å². The van der Waals surface area contributed by atoms with E-state index >= 15 is 0 Å². The van der Waals surface area contributed by atoms with E-state index in [-0.39, 0.29) is 18.4 Å². The van der Waals surface area contributed by atoms with Crippen molar-refractivity contribution in [1.29, 1.82) is 0 Å². The first-order chi connectivity index (χ1) is 12.8. The molecule has 0 spiro atoms. The lowest BCUT2D eigenvalue weighted by Crippen LogP contribution is -2.51. The predicted molar refractivity (Wildman–Crippen MR) is 108 cm³/mol. The van der Waals surface area contributed by atoms with Crippen molar-refractivity contribution >= 4 is 27.3 Å². The van der Waals surface area contributed by atoms with Gasteiger partial charge in [0.1, 0.15) is 4.21 Å². The summed E-state index contributed by atoms with van der Waals surface area (Å²) < 4.78 is 27.3. The van der Waals surface area contributed by atoms with Gasteiger partial charge in [-0.1, -0.05) is 36.4 Å². The first-order valence-corrected chi connectivity index (χ1v) is 11.5. The van der Waals surface area contributed by atoms with Gasteiger partial charge in [0.05, 0.1) is 5.92 Å². The second kappa shape index (κ2) is 8.12. The van der Waals surface area contributed by atoms with Crippen LogP contribution in [0.15, 0.2) is 52.1 Å². The summed E-state index contributed by atoms with van der Waals surface area (Å²) in [5.41, 5.74) is 0.765. The van der Waals surface area contributed by atoms with Crippen molar-refractivity contribution in [2.75, 3.05) is 13.1 Å². The number of nitrogens with zero attached hydrogens (tertiary/aromatic N) is 1. The predicted octanol–water partition coefficient (Wildman–Crippen LogP) is 3.29. The van der Waals surface area contributed by atoms with E-state index in [1.54, 1.807) is 17.5 Å². The van der Waals surface area contributed by atoms with Crippen LogP contribution < -0.4 is 5.32 Å². The molecule has 1 aromatic carbocycles. The Kier molecular flexibility index (Phi) is 6.03. The molecule has 2 aromatic rings. The van der Waals surface area contributed by atoms with Crippen molar-refractivity contribution in [3.8, 4) is 0 Å². The molecular weight excluding hydrogens is 380 g/mol. The number of nitrogens with one attached hydrogen (secondary N) is 1. The zero-order valence-corrected chi connectivity index (χ0v) is 17.4. The molecule has 0 aliphatic carbocycles. The van der Waals surface area contributed by atoms with Gasteiger partial charge in [0.25, 0.3) is 10.0 Å². The van der Waals surface area contributed by atoms with E-state index in [0.29, 0.717) is 23.6 Å². The zero-order chi connectivity index (χ0) is 19.5. The lowest BCUT2D eigenvalue weighted by Gasteiger charge is -2.34. The molecule has 5 nitrogen and oxygen atoms in total. The summed E-state index contributed by atoms with van der Waals surface area (Å²) in [6, 6.07) is 13.4. The maximum Gasteiger partial charge on any atom is 0.252 e. The van der Waals surface area contributed by atoms with Crippen molar-refractivity contribution in [3.63, 3.8) is 0 Å². The molecule has 1 aromatic heterocycles. The van der Waals surface area contributed by atoms with Gasteiger partial charge < -0.3 is 5.32 Å². The van der Waals surface area contributed by atoms with Crippen LogP contribution in [-0.2, 0) is 21.2 Å². The number of hydrogen-bond acceptors (Lipinski definition) is 4. The molecule has 146 valence electrons. The highest BCUT2D eigenvalue weighted by Crippen LogP contribution is 2.27. The first kappa shape index (κ1) is 20.0. The van der Waals surface area contributed by atoms with Crippen LogP contribution in [0.5, 0.6) is 0 Å². The Bertz CT molecular complexity index is 862. The summed E-state index contributed by atoms with van der Waals surface area (Å²) in [5.74, 6) is -0.384. The topological polar surface area (TPSA) is 66.5 Å². The van der Waals surface area contributed by atoms with E-state index in [1.807, 2.05) is 44.2 Å². The van der Waals surface area contributed by atoms with Crippen LogP contribution >= 0.6 is 11.3 Å². The Balaban J connectivity index is 1.64. The van der Waals surface area contributed by atoms with Crippen molar-refractivity contribution in [2.24, 2.45) is 5.92 Å². The maximum absolute atomic E-state index is 12.8. The van der Waals surface area contributed by atoms with Crippen LogP contribution in [0.25, 0.3) is 0 Å². The van der Waals surface area contributed by atoms with Gasteiger partial charge in [-0.2, -0.15) is 4.31 Å². The lowest BCUT2D eigenvalue weighted by molar-refractivity contribution is -0.127. The van der Waals surface area contributed by atoms with Gasteiger partial charge in [-0.25, -0.2) is 8.42 Å². The summed E-state index contributed by atoms with van der Waals surface area (Å²) in [6.07, 6.45) is 2.13. The minimum Gasteiger partial charge on any atom is -0.351 e. The Labute approximate surface area is 165 Å². The van der Waals surface area contributed by atoms with E-state index < -0.39 is 15.6 Å². The minimum absolute atomic E-state index is 0.0676. The van der Waals surface area contributed by atoms with Crippen molar-refractivity contribution in [3.05, 3.63) is 53.4 Å². The molecule has 1 N–H and O–H groups in total. The van der Waals surface area contributed by atoms with Crippen LogP contribution in [0.3, 0.4) is 0 Å². The molecule has 2 heterocycles. The van der Waals surface area contributed by atoms with Crippen LogP contribution in [0.1, 0.15) is 32.3 Å². The van der Waals surface area contributed by atoms with Crippen LogP contribution in [0, 0.1) is 5.92 Å². The molecule has 0 bridgehead atoms. The molecule has 0 saturated carbocycles. The SMILES string of the molecule is CC(C)(Cc1ccccc1)NC(=O)[C@H]1CCCN(S(=O)(=O)c2cccs2)C1. The smallest absolute Gasteiger partial charge is 0.252 e. The molecular formula is C20H26N2O3S2. The van der Waals surface area contributed by atoms with Crippen molar-refractivity contribution in [2.45, 2.75) is 42.9 Å². The number of carbonyl (C=O) groups excluding carboxylic acids is 1. The second-order valence-corrected chi connectivity index (χ2v) is 10.8. The molecule has 0 radical (unpaired) electrons. The lowest BCUT2D eigenvalue weighted by atomic mass is 9.92. The largest absolute Gasteiger partial charge is 0.351 e. The van der Waals surface area contributed by atoms with E-state index in [0.717, 1.165) is 12.0 Å². The van der Waals surface area contributed by atoms with Gasteiger partial charge in [0.2, 0.25) is 5.91 Å². The second-order valence-electron chi connectivity index (χ2n) is 7.67. The third kappa shape index (κ3) is 4.97. The number of piperidine rings is 1. The van der Waals surface area contributed by atoms with Gasteiger partial charge >= 0.3 is 0 Å². The minimum atomic E-state index is -3.51. The standard InChI is InChI=1S/C20H26N2O3S2/c1-20(2,14-16-8-4-3-5-9-16)21-19(23)17-10-6-12-22(15-17)27(24,25)18-11-7-13-26-18/h3-5,7-9,11,13,17H,6,10,12,14-15H2,1-2H3,(H,21,23)/t17-/m0/s1. The Morgan fingerprint density at radius 1 is 1.22 bits per heavy atom. The van der Waals surface area contributed by atoms with Crippen LogP contribution in [-0.4, -0.2) is 37.3 Å². The van der Waals surface area contributed by atoms with Gasteiger partial charge in [0.15, 0.2) is 0 Å². The first-order valence-electron chi connectivity index (χ1n) is 9.17. The summed E-state index contributed by atoms with van der Waals surface area (Å²) in [6.45, 7) is 4.71. The number of rotatable bonds is 6. The maximum atomic E-state index is 12.8. The zero-order valence-electron chi connectivity index (χ0n) is 15.7. The average Bonchev–Trinajstić information content (AvgIpc) is 3.17. The fourth-order valence-electron chi connectivity index (χ4n) is 3.50. The van der Waals surface area contributed by atoms with E-state index in [2.05, 4.69) is 5.32 Å². The number of sulfonamides is 1. The van der Waals surface area contributed by atoms with Gasteiger partial charge in [-0.15, -0.1) is 11.3 Å². The summed E-state index contributed by atoms with van der Waals surface area (Å²) in [5, 5.41) is 4.88. The van der Waals surface area contributed by atoms with Gasteiger partial charge in [-0.05, 0) is 50.1 Å². The van der Waals surface area contributed by atoms with Crippen molar-refractivity contribution < 1.29 is 13.2 Å². The Hall–Kier alpha value is -1.70. The Morgan fingerprint density at radius 3 is 2.63 bits per heavy atom. The van der Waals surface area contributed by atoms with Crippen molar-refractivity contribution in [1.82, 2.24) is 9.62 Å². The third-order valence-corrected chi connectivity index (χ3v) is 8.03. The fraction of sp³-hybridized carbons (Fsp3) is 0.450. The molecule has 0 unspecified atom stereocenters. The van der Waals surface area contributed by atoms with E-state index in [1.165, 1.54) is 15.6 Å².